The molecule has 8 heteroatoms. The molecule has 1 aliphatic rings. The Morgan fingerprint density at radius 1 is 0.973 bits per heavy atom. The van der Waals surface area contributed by atoms with Crippen LogP contribution in [-0.4, -0.2) is 35.9 Å². The molecule has 37 heavy (non-hydrogen) atoms. The molecule has 0 radical (unpaired) electrons. The Kier molecular flexibility index (Phi) is 6.21. The summed E-state index contributed by atoms with van der Waals surface area (Å²) in [5.41, 5.74) is 4.16. The average Bonchev–Trinajstić information content (AvgIpc) is 3.43. The molecule has 2 heterocycles. The molecular weight excluding hydrogens is 488 g/mol. The molecule has 2 amide bonds. The van der Waals surface area contributed by atoms with Gasteiger partial charge in [0.25, 0.3) is 15.9 Å². The van der Waals surface area contributed by atoms with Crippen molar-refractivity contribution in [1.29, 1.82) is 0 Å². The Balaban J connectivity index is 1.54. The lowest BCUT2D eigenvalue weighted by Gasteiger charge is -2.18. The van der Waals surface area contributed by atoms with E-state index in [2.05, 4.69) is 0 Å². The highest BCUT2D eigenvalue weighted by Gasteiger charge is 2.37. The molecule has 1 unspecified atom stereocenters. The number of hydrogen-bond acceptors (Lipinski definition) is 5. The number of cyclic esters (lactones) is 1. The van der Waals surface area contributed by atoms with E-state index < -0.39 is 28.1 Å². The normalized spacial score (nSPS) is 16.0. The number of carbonyl (C=O) groups excluding carboxylic acids is 2. The summed E-state index contributed by atoms with van der Waals surface area (Å²) in [7, 11) is -3.92. The van der Waals surface area contributed by atoms with Crippen molar-refractivity contribution in [3.8, 4) is 0 Å². The van der Waals surface area contributed by atoms with Gasteiger partial charge in [-0.1, -0.05) is 66.2 Å². The highest BCUT2D eigenvalue weighted by atomic mass is 32.2. The van der Waals surface area contributed by atoms with Gasteiger partial charge in [0.05, 0.1) is 10.4 Å². The lowest BCUT2D eigenvalue weighted by Crippen LogP contribution is -2.32. The number of aromatic nitrogens is 1. The van der Waals surface area contributed by atoms with Gasteiger partial charge in [-0.3, -0.25) is 4.79 Å². The first-order valence-corrected chi connectivity index (χ1v) is 13.3. The van der Waals surface area contributed by atoms with Crippen molar-refractivity contribution < 1.29 is 22.7 Å². The van der Waals surface area contributed by atoms with Crippen molar-refractivity contribution in [3.63, 3.8) is 0 Å². The molecule has 1 fully saturated rings. The molecule has 0 N–H and O–H groups in total. The van der Waals surface area contributed by atoms with Gasteiger partial charge >= 0.3 is 6.09 Å². The number of fused-ring (bicyclic) bond motifs is 1. The minimum Gasteiger partial charge on any atom is -0.446 e. The fourth-order valence-corrected chi connectivity index (χ4v) is 6.80. The van der Waals surface area contributed by atoms with Crippen LogP contribution in [0.4, 0.5) is 4.79 Å². The molecular formula is C29H26N2O5S. The zero-order chi connectivity index (χ0) is 26.3. The lowest BCUT2D eigenvalue weighted by molar-refractivity contribution is -0.124. The van der Waals surface area contributed by atoms with Crippen molar-refractivity contribution >= 4 is 39.0 Å². The summed E-state index contributed by atoms with van der Waals surface area (Å²) in [4.78, 5) is 26.8. The van der Waals surface area contributed by atoms with Crippen LogP contribution in [0.15, 0.2) is 83.9 Å². The Bertz CT molecular complexity index is 1650. The number of imide groups is 1. The Hall–Kier alpha value is -4.17. The number of aryl methyl sites for hydroxylation is 3. The molecule has 188 valence electrons. The number of para-hydroxylation sites is 1. The minimum absolute atomic E-state index is 0.0786. The van der Waals surface area contributed by atoms with Crippen LogP contribution in [0.5, 0.6) is 0 Å². The molecule has 1 saturated heterocycles. The molecule has 0 saturated carbocycles. The first kappa shape index (κ1) is 24.5. The number of hydrogen-bond donors (Lipinski definition) is 0. The highest BCUT2D eigenvalue weighted by Crippen LogP contribution is 2.31. The third kappa shape index (κ3) is 4.34. The van der Waals surface area contributed by atoms with Gasteiger partial charge in [0, 0.05) is 23.2 Å². The van der Waals surface area contributed by atoms with E-state index in [4.69, 9.17) is 4.74 Å². The van der Waals surface area contributed by atoms with Crippen LogP contribution in [0.3, 0.4) is 0 Å². The maximum atomic E-state index is 13.8. The van der Waals surface area contributed by atoms with Crippen molar-refractivity contribution in [2.45, 2.75) is 31.7 Å². The summed E-state index contributed by atoms with van der Waals surface area (Å²) in [6.07, 6.45) is 3.63. The van der Waals surface area contributed by atoms with Crippen LogP contribution < -0.4 is 0 Å². The van der Waals surface area contributed by atoms with E-state index in [-0.39, 0.29) is 11.5 Å². The van der Waals surface area contributed by atoms with E-state index in [1.165, 1.54) is 16.2 Å². The van der Waals surface area contributed by atoms with Gasteiger partial charge in [0.15, 0.2) is 0 Å². The van der Waals surface area contributed by atoms with Gasteiger partial charge in [0.1, 0.15) is 12.6 Å². The minimum atomic E-state index is -3.92. The van der Waals surface area contributed by atoms with Crippen molar-refractivity contribution in [2.75, 3.05) is 6.61 Å². The third-order valence-corrected chi connectivity index (χ3v) is 8.51. The Labute approximate surface area is 215 Å². The quantitative estimate of drug-likeness (QED) is 0.327. The highest BCUT2D eigenvalue weighted by molar-refractivity contribution is 7.90. The SMILES string of the molecule is Cc1cc(C)c(S(=O)(=O)n2cc(C=CC(=O)N3C(=O)OCC3c3ccccc3)c3ccccc32)c(C)c1. The summed E-state index contributed by atoms with van der Waals surface area (Å²) < 4.78 is 34.0. The molecule has 1 atom stereocenters. The molecule has 0 aliphatic carbocycles. The van der Waals surface area contributed by atoms with E-state index in [9.17, 15) is 18.0 Å². The number of nitrogens with zero attached hydrogens (tertiary/aromatic N) is 2. The number of benzene rings is 3. The monoisotopic (exact) mass is 514 g/mol. The van der Waals surface area contributed by atoms with Gasteiger partial charge in [0.2, 0.25) is 0 Å². The average molecular weight is 515 g/mol. The zero-order valence-corrected chi connectivity index (χ0v) is 21.5. The van der Waals surface area contributed by atoms with Crippen LogP contribution in [0.2, 0.25) is 0 Å². The molecule has 1 aliphatic heterocycles. The Morgan fingerprint density at radius 3 is 2.32 bits per heavy atom. The Morgan fingerprint density at radius 2 is 1.62 bits per heavy atom. The molecule has 0 spiro atoms. The smallest absolute Gasteiger partial charge is 0.417 e. The fourth-order valence-electron chi connectivity index (χ4n) is 5.01. The second-order valence-corrected chi connectivity index (χ2v) is 10.9. The van der Waals surface area contributed by atoms with Crippen molar-refractivity contribution in [1.82, 2.24) is 8.87 Å². The second kappa shape index (κ2) is 9.37. The van der Waals surface area contributed by atoms with Crippen LogP contribution >= 0.6 is 0 Å². The van der Waals surface area contributed by atoms with Gasteiger partial charge in [-0.2, -0.15) is 0 Å². The lowest BCUT2D eigenvalue weighted by atomic mass is 10.1. The van der Waals surface area contributed by atoms with E-state index >= 15 is 0 Å². The molecule has 0 bridgehead atoms. The summed E-state index contributed by atoms with van der Waals surface area (Å²) in [6.45, 7) is 5.59. The number of amides is 2. The van der Waals surface area contributed by atoms with Crippen LogP contribution in [0, 0.1) is 20.8 Å². The van der Waals surface area contributed by atoms with E-state index in [0.29, 0.717) is 27.6 Å². The maximum absolute atomic E-state index is 13.8. The van der Waals surface area contributed by atoms with Gasteiger partial charge < -0.3 is 4.74 Å². The van der Waals surface area contributed by atoms with Crippen molar-refractivity contribution in [3.05, 3.63) is 107 Å². The standard InChI is InChI=1S/C29H26N2O5S/c1-19-15-20(2)28(21(3)16-19)37(34,35)30-17-23(24-11-7-8-12-25(24)30)13-14-27(32)31-26(18-36-29(31)33)22-9-5-4-6-10-22/h4-17,26H,18H2,1-3H3. The van der Waals surface area contributed by atoms with E-state index in [0.717, 1.165) is 16.0 Å². The molecule has 3 aromatic carbocycles. The zero-order valence-electron chi connectivity index (χ0n) is 20.7. The van der Waals surface area contributed by atoms with Gasteiger partial charge in [-0.25, -0.2) is 22.1 Å². The predicted octanol–water partition coefficient (Wildman–Crippen LogP) is 5.54. The first-order valence-electron chi connectivity index (χ1n) is 11.8. The summed E-state index contributed by atoms with van der Waals surface area (Å²) >= 11 is 0. The number of rotatable bonds is 5. The molecule has 7 nitrogen and oxygen atoms in total. The largest absolute Gasteiger partial charge is 0.446 e. The van der Waals surface area contributed by atoms with E-state index in [1.807, 2.05) is 55.5 Å². The predicted molar refractivity (Wildman–Crippen MR) is 142 cm³/mol. The second-order valence-electron chi connectivity index (χ2n) is 9.18. The van der Waals surface area contributed by atoms with Gasteiger partial charge in [-0.15, -0.1) is 0 Å². The number of carbonyl (C=O) groups is 2. The molecule has 5 rings (SSSR count). The number of ether oxygens (including phenoxy) is 1. The van der Waals surface area contributed by atoms with Crippen LogP contribution in [0.1, 0.15) is 33.9 Å². The van der Waals surface area contributed by atoms with Crippen LogP contribution in [-0.2, 0) is 19.6 Å². The maximum Gasteiger partial charge on any atom is 0.417 e. The van der Waals surface area contributed by atoms with E-state index in [1.54, 1.807) is 38.1 Å². The fraction of sp³-hybridized carbons (Fsp3) is 0.172. The van der Waals surface area contributed by atoms with Crippen LogP contribution in [0.25, 0.3) is 17.0 Å². The van der Waals surface area contributed by atoms with Crippen molar-refractivity contribution in [2.24, 2.45) is 0 Å². The molecule has 4 aromatic rings. The summed E-state index contributed by atoms with van der Waals surface area (Å²) in [5, 5.41) is 0.668. The summed E-state index contributed by atoms with van der Waals surface area (Å²) in [6, 6.07) is 19.5. The molecule has 1 aromatic heterocycles. The summed E-state index contributed by atoms with van der Waals surface area (Å²) in [5.74, 6) is -0.540. The van der Waals surface area contributed by atoms with Gasteiger partial charge in [-0.05, 0) is 49.6 Å². The first-order chi connectivity index (χ1) is 17.7. The topological polar surface area (TPSA) is 85.7 Å². The third-order valence-electron chi connectivity index (χ3n) is 6.53.